The molecule has 1 aliphatic rings. The molecule has 0 radical (unpaired) electrons. The van der Waals surface area contributed by atoms with Crippen LogP contribution in [0.25, 0.3) is 0 Å². The van der Waals surface area contributed by atoms with E-state index in [-0.39, 0.29) is 16.8 Å². The molecule has 1 saturated carbocycles. The number of nitrogens with one attached hydrogen (secondary N) is 3. The Morgan fingerprint density at radius 1 is 1.18 bits per heavy atom. The van der Waals surface area contributed by atoms with Crippen molar-refractivity contribution in [3.8, 4) is 5.75 Å². The first-order valence-corrected chi connectivity index (χ1v) is 10.7. The van der Waals surface area contributed by atoms with E-state index in [0.717, 1.165) is 18.4 Å². The molecule has 1 aliphatic carbocycles. The van der Waals surface area contributed by atoms with Crippen molar-refractivity contribution in [1.82, 2.24) is 10.1 Å². The average Bonchev–Trinajstić information content (AvgIpc) is 3.46. The van der Waals surface area contributed by atoms with Crippen LogP contribution in [0.3, 0.4) is 0 Å². The normalized spacial score (nSPS) is 15.0. The van der Waals surface area contributed by atoms with Gasteiger partial charge in [0.1, 0.15) is 5.75 Å². The summed E-state index contributed by atoms with van der Waals surface area (Å²) in [6, 6.07) is 11.3. The summed E-state index contributed by atoms with van der Waals surface area (Å²) in [4.78, 5) is 12.4. The number of hydrogen-bond donors (Lipinski definition) is 3. The fourth-order valence-corrected chi connectivity index (χ4v) is 3.81. The summed E-state index contributed by atoms with van der Waals surface area (Å²) in [6.45, 7) is 3.48. The molecular weight excluding hydrogens is 402 g/mol. The standard InChI is InChI=1S/C19H22ClN3O4S/c1-12-11-16(7-10-18(12)20)27-13(2)19(24)22-21-14-5-8-17(9-6-14)28(25,26)23-15-3-4-15/h5-11,13,15,21,23H,3-4H2,1-2H3,(H,22,24). The highest BCUT2D eigenvalue weighted by molar-refractivity contribution is 7.89. The number of carbonyl (C=O) groups excluding carboxylic acids is 1. The molecule has 3 N–H and O–H groups in total. The molecule has 3 rings (SSSR count). The second-order valence-corrected chi connectivity index (χ2v) is 8.83. The fraction of sp³-hybridized carbons (Fsp3) is 0.316. The number of ether oxygens (including phenoxy) is 1. The molecule has 9 heteroatoms. The molecule has 28 heavy (non-hydrogen) atoms. The van der Waals surface area contributed by atoms with E-state index in [1.54, 1.807) is 37.3 Å². The molecule has 0 saturated heterocycles. The minimum absolute atomic E-state index is 0.0491. The molecule has 0 spiro atoms. The molecule has 1 fully saturated rings. The molecule has 1 atom stereocenters. The van der Waals surface area contributed by atoms with Crippen LogP contribution in [0.5, 0.6) is 5.75 Å². The maximum absolute atomic E-state index is 12.2. The van der Waals surface area contributed by atoms with Gasteiger partial charge in [0, 0.05) is 11.1 Å². The first-order valence-electron chi connectivity index (χ1n) is 8.86. The van der Waals surface area contributed by atoms with Crippen molar-refractivity contribution in [3.63, 3.8) is 0 Å². The minimum atomic E-state index is -3.49. The third-order valence-electron chi connectivity index (χ3n) is 4.21. The highest BCUT2D eigenvalue weighted by Crippen LogP contribution is 2.23. The quantitative estimate of drug-likeness (QED) is 0.567. The number of benzene rings is 2. The summed E-state index contributed by atoms with van der Waals surface area (Å²) in [7, 11) is -3.49. The Kier molecular flexibility index (Phi) is 6.12. The average molecular weight is 424 g/mol. The van der Waals surface area contributed by atoms with Gasteiger partial charge in [0.2, 0.25) is 10.0 Å². The van der Waals surface area contributed by atoms with Gasteiger partial charge in [0.05, 0.1) is 10.6 Å². The number of hydrazine groups is 1. The third-order valence-corrected chi connectivity index (χ3v) is 6.17. The summed E-state index contributed by atoms with van der Waals surface area (Å²) < 4.78 is 32.5. The molecule has 2 aromatic rings. The fourth-order valence-electron chi connectivity index (χ4n) is 2.39. The summed E-state index contributed by atoms with van der Waals surface area (Å²) in [5.41, 5.74) is 6.69. The van der Waals surface area contributed by atoms with Gasteiger partial charge >= 0.3 is 0 Å². The van der Waals surface area contributed by atoms with E-state index in [2.05, 4.69) is 15.6 Å². The first kappa shape index (κ1) is 20.4. The van der Waals surface area contributed by atoms with Crippen LogP contribution in [-0.4, -0.2) is 26.5 Å². The van der Waals surface area contributed by atoms with E-state index in [4.69, 9.17) is 16.3 Å². The van der Waals surface area contributed by atoms with Gasteiger partial charge in [-0.3, -0.25) is 15.6 Å². The second-order valence-electron chi connectivity index (χ2n) is 6.71. The number of hydrogen-bond acceptors (Lipinski definition) is 5. The van der Waals surface area contributed by atoms with E-state index < -0.39 is 16.1 Å². The van der Waals surface area contributed by atoms with Gasteiger partial charge < -0.3 is 4.74 Å². The third kappa shape index (κ3) is 5.37. The molecular formula is C19H22ClN3O4S. The highest BCUT2D eigenvalue weighted by Gasteiger charge is 2.27. The van der Waals surface area contributed by atoms with Crippen LogP contribution < -0.4 is 20.3 Å². The maximum atomic E-state index is 12.2. The summed E-state index contributed by atoms with van der Waals surface area (Å²) in [6.07, 6.45) is 1.01. The smallest absolute Gasteiger partial charge is 0.279 e. The van der Waals surface area contributed by atoms with Gasteiger partial charge in [-0.1, -0.05) is 11.6 Å². The van der Waals surface area contributed by atoms with Crippen LogP contribution >= 0.6 is 11.6 Å². The van der Waals surface area contributed by atoms with Gasteiger partial charge in [0.15, 0.2) is 6.10 Å². The predicted molar refractivity (Wildman–Crippen MR) is 108 cm³/mol. The van der Waals surface area contributed by atoms with Crippen molar-refractivity contribution in [2.24, 2.45) is 0 Å². The van der Waals surface area contributed by atoms with Crippen molar-refractivity contribution >= 4 is 33.2 Å². The van der Waals surface area contributed by atoms with Crippen molar-refractivity contribution in [1.29, 1.82) is 0 Å². The monoisotopic (exact) mass is 423 g/mol. The number of sulfonamides is 1. The second kappa shape index (κ2) is 8.38. The van der Waals surface area contributed by atoms with Gasteiger partial charge in [-0.25, -0.2) is 13.1 Å². The van der Waals surface area contributed by atoms with Crippen molar-refractivity contribution in [2.75, 3.05) is 5.43 Å². The number of rotatable bonds is 8. The molecule has 0 aliphatic heterocycles. The van der Waals surface area contributed by atoms with Crippen LogP contribution in [0.15, 0.2) is 47.4 Å². The van der Waals surface area contributed by atoms with Crippen LogP contribution in [-0.2, 0) is 14.8 Å². The van der Waals surface area contributed by atoms with E-state index in [0.29, 0.717) is 16.5 Å². The topological polar surface area (TPSA) is 96.5 Å². The van der Waals surface area contributed by atoms with Crippen molar-refractivity contribution in [2.45, 2.75) is 43.7 Å². The van der Waals surface area contributed by atoms with Gasteiger partial charge in [-0.2, -0.15) is 0 Å². The zero-order valence-corrected chi connectivity index (χ0v) is 17.1. The zero-order chi connectivity index (χ0) is 20.3. The molecule has 150 valence electrons. The highest BCUT2D eigenvalue weighted by atomic mass is 35.5. The summed E-state index contributed by atoms with van der Waals surface area (Å²) >= 11 is 5.98. The van der Waals surface area contributed by atoms with Gasteiger partial charge in [-0.15, -0.1) is 0 Å². The minimum Gasteiger partial charge on any atom is -0.481 e. The maximum Gasteiger partial charge on any atom is 0.279 e. The van der Waals surface area contributed by atoms with Crippen LogP contribution in [0.4, 0.5) is 5.69 Å². The molecule has 1 unspecified atom stereocenters. The lowest BCUT2D eigenvalue weighted by molar-refractivity contribution is -0.126. The predicted octanol–water partition coefficient (Wildman–Crippen LogP) is 3.00. The molecule has 0 heterocycles. The Morgan fingerprint density at radius 3 is 2.46 bits per heavy atom. The largest absolute Gasteiger partial charge is 0.481 e. The number of halogens is 1. The Balaban J connectivity index is 1.52. The molecule has 7 nitrogen and oxygen atoms in total. The Bertz CT molecular complexity index is 960. The summed E-state index contributed by atoms with van der Waals surface area (Å²) in [5.74, 6) is 0.168. The molecule has 2 aromatic carbocycles. The molecule has 1 amide bonds. The lowest BCUT2D eigenvalue weighted by Gasteiger charge is -2.16. The number of carbonyl (C=O) groups is 1. The van der Waals surface area contributed by atoms with Gasteiger partial charge in [-0.05, 0) is 74.7 Å². The number of anilines is 1. The van der Waals surface area contributed by atoms with E-state index in [9.17, 15) is 13.2 Å². The molecule has 0 bridgehead atoms. The van der Waals surface area contributed by atoms with E-state index in [1.807, 2.05) is 6.92 Å². The van der Waals surface area contributed by atoms with Crippen molar-refractivity contribution < 1.29 is 17.9 Å². The zero-order valence-electron chi connectivity index (χ0n) is 15.5. The van der Waals surface area contributed by atoms with Crippen LogP contribution in [0.1, 0.15) is 25.3 Å². The summed E-state index contributed by atoms with van der Waals surface area (Å²) in [5, 5.41) is 0.629. The number of amides is 1. The lowest BCUT2D eigenvalue weighted by atomic mass is 10.2. The van der Waals surface area contributed by atoms with Gasteiger partial charge in [0.25, 0.3) is 5.91 Å². The first-order chi connectivity index (χ1) is 13.2. The van der Waals surface area contributed by atoms with Crippen LogP contribution in [0, 0.1) is 6.92 Å². The Labute approximate surface area is 169 Å². The van der Waals surface area contributed by atoms with E-state index in [1.165, 1.54) is 12.1 Å². The molecule has 0 aromatic heterocycles. The lowest BCUT2D eigenvalue weighted by Crippen LogP contribution is -2.39. The van der Waals surface area contributed by atoms with Crippen molar-refractivity contribution in [3.05, 3.63) is 53.1 Å². The Morgan fingerprint density at radius 2 is 1.86 bits per heavy atom. The van der Waals surface area contributed by atoms with E-state index >= 15 is 0 Å². The van der Waals surface area contributed by atoms with Crippen LogP contribution in [0.2, 0.25) is 5.02 Å². The Hall–Kier alpha value is -2.29. The SMILES string of the molecule is Cc1cc(OC(C)C(=O)NNc2ccc(S(=O)(=O)NC3CC3)cc2)ccc1Cl. The number of aryl methyl sites for hydroxylation is 1.